The Bertz CT molecular complexity index is 850. The maximum atomic E-state index is 5.28. The zero-order valence-corrected chi connectivity index (χ0v) is 14.9. The fourth-order valence-corrected chi connectivity index (χ4v) is 3.49. The summed E-state index contributed by atoms with van der Waals surface area (Å²) >= 11 is 0. The summed E-state index contributed by atoms with van der Waals surface area (Å²) in [7, 11) is 0. The van der Waals surface area contributed by atoms with Gasteiger partial charge in [0, 0.05) is 37.8 Å². The van der Waals surface area contributed by atoms with Crippen LogP contribution >= 0.6 is 0 Å². The van der Waals surface area contributed by atoms with Crippen molar-refractivity contribution < 1.29 is 4.52 Å². The molecule has 1 saturated heterocycles. The second-order valence-electron chi connectivity index (χ2n) is 6.58. The Kier molecular flexibility index (Phi) is 4.97. The van der Waals surface area contributed by atoms with Crippen molar-refractivity contribution >= 4 is 0 Å². The van der Waals surface area contributed by atoms with Crippen LogP contribution in [0.3, 0.4) is 0 Å². The lowest BCUT2D eigenvalue weighted by Crippen LogP contribution is -2.34. The number of likely N-dealkylation sites (tertiary alicyclic amines) is 1. The van der Waals surface area contributed by atoms with Crippen LogP contribution in [-0.2, 0) is 13.0 Å². The van der Waals surface area contributed by atoms with E-state index in [0.29, 0.717) is 17.6 Å². The summed E-state index contributed by atoms with van der Waals surface area (Å²) in [5, 5.41) is 4.11. The van der Waals surface area contributed by atoms with E-state index >= 15 is 0 Å². The number of nitrogens with zero attached hydrogens (tertiary/aromatic N) is 6. The van der Waals surface area contributed by atoms with Crippen LogP contribution in [0.5, 0.6) is 0 Å². The van der Waals surface area contributed by atoms with Crippen molar-refractivity contribution in [1.82, 2.24) is 30.0 Å². The number of aromatic nitrogens is 5. The van der Waals surface area contributed by atoms with Gasteiger partial charge in [0.15, 0.2) is 0 Å². The molecule has 0 spiro atoms. The van der Waals surface area contributed by atoms with Crippen LogP contribution in [0.4, 0.5) is 0 Å². The molecule has 4 rings (SSSR count). The Morgan fingerprint density at radius 1 is 1.27 bits per heavy atom. The van der Waals surface area contributed by atoms with Gasteiger partial charge in [-0.2, -0.15) is 4.98 Å². The van der Waals surface area contributed by atoms with Gasteiger partial charge < -0.3 is 4.52 Å². The van der Waals surface area contributed by atoms with Gasteiger partial charge in [-0.1, -0.05) is 18.1 Å². The first-order valence-corrected chi connectivity index (χ1v) is 9.08. The number of aryl methyl sites for hydroxylation is 1. The zero-order chi connectivity index (χ0) is 17.8. The van der Waals surface area contributed by atoms with Crippen molar-refractivity contribution in [2.45, 2.75) is 38.6 Å². The van der Waals surface area contributed by atoms with Gasteiger partial charge >= 0.3 is 0 Å². The summed E-state index contributed by atoms with van der Waals surface area (Å²) in [6.45, 7) is 4.88. The summed E-state index contributed by atoms with van der Waals surface area (Å²) in [6.07, 6.45) is 8.20. The van der Waals surface area contributed by atoms with Gasteiger partial charge in [-0.15, -0.1) is 0 Å². The maximum absolute atomic E-state index is 5.28. The molecule has 26 heavy (non-hydrogen) atoms. The number of rotatable bonds is 5. The minimum Gasteiger partial charge on any atom is -0.339 e. The van der Waals surface area contributed by atoms with Gasteiger partial charge in [0.1, 0.15) is 6.33 Å². The number of pyridine rings is 1. The Labute approximate surface area is 152 Å². The molecular formula is C19H22N6O. The molecule has 3 aromatic rings. The monoisotopic (exact) mass is 350 g/mol. The van der Waals surface area contributed by atoms with E-state index in [-0.39, 0.29) is 0 Å². The highest BCUT2D eigenvalue weighted by Crippen LogP contribution is 2.31. The Hall–Kier alpha value is -2.67. The third-order valence-corrected chi connectivity index (χ3v) is 4.76. The van der Waals surface area contributed by atoms with Gasteiger partial charge in [-0.3, -0.25) is 9.88 Å². The molecule has 0 saturated carbocycles. The molecule has 1 fully saturated rings. The Balaban J connectivity index is 1.55. The highest BCUT2D eigenvalue weighted by atomic mass is 16.5. The molecule has 0 N–H and O–H groups in total. The molecule has 0 aliphatic carbocycles. The van der Waals surface area contributed by atoms with E-state index in [2.05, 4.69) is 36.1 Å². The molecule has 0 amide bonds. The second-order valence-corrected chi connectivity index (χ2v) is 6.58. The predicted octanol–water partition coefficient (Wildman–Crippen LogP) is 2.86. The smallest absolute Gasteiger partial charge is 0.226 e. The van der Waals surface area contributed by atoms with Gasteiger partial charge in [-0.05, 0) is 31.5 Å². The maximum Gasteiger partial charge on any atom is 0.226 e. The fourth-order valence-electron chi connectivity index (χ4n) is 3.49. The number of piperidine rings is 1. The Morgan fingerprint density at radius 2 is 2.23 bits per heavy atom. The molecule has 1 aliphatic heterocycles. The predicted molar refractivity (Wildman–Crippen MR) is 96.2 cm³/mol. The first-order valence-electron chi connectivity index (χ1n) is 9.08. The topological polar surface area (TPSA) is 80.8 Å². The Morgan fingerprint density at radius 3 is 3.04 bits per heavy atom. The SMILES string of the molecule is CCc1nc(-c2cncnc2[C@@H]2CCCN(Cc3ccccn3)C2)no1. The van der Waals surface area contributed by atoms with Crippen molar-refractivity contribution in [3.8, 4) is 11.4 Å². The van der Waals surface area contributed by atoms with E-state index in [9.17, 15) is 0 Å². The molecule has 7 heteroatoms. The van der Waals surface area contributed by atoms with Crippen LogP contribution < -0.4 is 0 Å². The molecule has 1 atom stereocenters. The average Bonchev–Trinajstić information content (AvgIpc) is 3.18. The fraction of sp³-hybridized carbons (Fsp3) is 0.421. The largest absolute Gasteiger partial charge is 0.339 e. The van der Waals surface area contributed by atoms with E-state index in [4.69, 9.17) is 4.52 Å². The summed E-state index contributed by atoms with van der Waals surface area (Å²) in [6, 6.07) is 6.06. The lowest BCUT2D eigenvalue weighted by atomic mass is 9.91. The standard InChI is InChI=1S/C19H22N6O/c1-2-17-23-19(24-26-17)16-10-20-13-22-18(16)14-6-5-9-25(11-14)12-15-7-3-4-8-21-15/h3-4,7-8,10,13-14H,2,5-6,9,11-12H2,1H3/t14-/m1/s1. The van der Waals surface area contributed by atoms with Crippen LogP contribution in [0.2, 0.25) is 0 Å². The highest BCUT2D eigenvalue weighted by Gasteiger charge is 2.26. The van der Waals surface area contributed by atoms with Crippen molar-refractivity contribution in [3.05, 3.63) is 54.2 Å². The van der Waals surface area contributed by atoms with Crippen molar-refractivity contribution in [1.29, 1.82) is 0 Å². The lowest BCUT2D eigenvalue weighted by Gasteiger charge is -2.32. The minimum absolute atomic E-state index is 0.328. The molecule has 0 unspecified atom stereocenters. The molecule has 3 aromatic heterocycles. The van der Waals surface area contributed by atoms with Crippen molar-refractivity contribution in [3.63, 3.8) is 0 Å². The van der Waals surface area contributed by atoms with E-state index < -0.39 is 0 Å². The average molecular weight is 350 g/mol. The van der Waals surface area contributed by atoms with Gasteiger partial charge in [0.05, 0.1) is 17.0 Å². The van der Waals surface area contributed by atoms with Gasteiger partial charge in [-0.25, -0.2) is 9.97 Å². The van der Waals surface area contributed by atoms with Crippen LogP contribution in [-0.4, -0.2) is 43.1 Å². The van der Waals surface area contributed by atoms with Gasteiger partial charge in [0.2, 0.25) is 11.7 Å². The quantitative estimate of drug-likeness (QED) is 0.700. The zero-order valence-electron chi connectivity index (χ0n) is 14.9. The number of hydrogen-bond donors (Lipinski definition) is 0. The van der Waals surface area contributed by atoms with E-state index in [1.165, 1.54) is 0 Å². The molecule has 0 radical (unpaired) electrons. The molecule has 0 aromatic carbocycles. The van der Waals surface area contributed by atoms with Crippen LogP contribution in [0.25, 0.3) is 11.4 Å². The van der Waals surface area contributed by atoms with E-state index in [0.717, 1.165) is 55.8 Å². The van der Waals surface area contributed by atoms with Crippen molar-refractivity contribution in [2.75, 3.05) is 13.1 Å². The highest BCUT2D eigenvalue weighted by molar-refractivity contribution is 5.57. The third-order valence-electron chi connectivity index (χ3n) is 4.76. The summed E-state index contributed by atoms with van der Waals surface area (Å²) < 4.78 is 5.28. The third kappa shape index (κ3) is 3.62. The molecule has 7 nitrogen and oxygen atoms in total. The van der Waals surface area contributed by atoms with Crippen LogP contribution in [0.1, 0.15) is 43.0 Å². The molecule has 4 heterocycles. The molecule has 0 bridgehead atoms. The molecule has 1 aliphatic rings. The van der Waals surface area contributed by atoms with Crippen molar-refractivity contribution in [2.24, 2.45) is 0 Å². The van der Waals surface area contributed by atoms with Crippen LogP contribution in [0, 0.1) is 0 Å². The second kappa shape index (κ2) is 7.70. The first kappa shape index (κ1) is 16.8. The summed E-state index contributed by atoms with van der Waals surface area (Å²) in [4.78, 5) is 20.1. The normalized spacial score (nSPS) is 18.1. The molecule has 134 valence electrons. The van der Waals surface area contributed by atoms with Gasteiger partial charge in [0.25, 0.3) is 0 Å². The minimum atomic E-state index is 0.328. The summed E-state index contributed by atoms with van der Waals surface area (Å²) in [5.74, 6) is 1.54. The molecular weight excluding hydrogens is 328 g/mol. The lowest BCUT2D eigenvalue weighted by molar-refractivity contribution is 0.196. The first-order chi connectivity index (χ1) is 12.8. The van der Waals surface area contributed by atoms with Crippen LogP contribution in [0.15, 0.2) is 41.4 Å². The summed E-state index contributed by atoms with van der Waals surface area (Å²) in [5.41, 5.74) is 2.98. The number of hydrogen-bond acceptors (Lipinski definition) is 7. The van der Waals surface area contributed by atoms with E-state index in [1.54, 1.807) is 12.5 Å². The van der Waals surface area contributed by atoms with E-state index in [1.807, 2.05) is 25.3 Å².